The highest BCUT2D eigenvalue weighted by atomic mass is 16.4. The number of carboxylic acid groups (broad SMARTS) is 1. The lowest BCUT2D eigenvalue weighted by Crippen LogP contribution is -2.10. The van der Waals surface area contributed by atoms with Crippen molar-refractivity contribution in [1.82, 2.24) is 4.57 Å². The van der Waals surface area contributed by atoms with Gasteiger partial charge in [-0.1, -0.05) is 96.8 Å². The zero-order chi connectivity index (χ0) is 21.3. The van der Waals surface area contributed by atoms with Crippen molar-refractivity contribution in [1.29, 1.82) is 0 Å². The van der Waals surface area contributed by atoms with E-state index in [1.165, 1.54) is 83.5 Å². The largest absolute Gasteiger partial charge is 0.481 e. The van der Waals surface area contributed by atoms with Gasteiger partial charge in [-0.05, 0) is 18.6 Å². The maximum atomic E-state index is 12.3. The molecule has 0 atom stereocenters. The van der Waals surface area contributed by atoms with Gasteiger partial charge in [0.2, 0.25) is 0 Å². The third-order valence-electron chi connectivity index (χ3n) is 5.85. The lowest BCUT2D eigenvalue weighted by atomic mass is 10.0. The molecule has 0 aliphatic heterocycles. The first-order valence-electron chi connectivity index (χ1n) is 12.0. The minimum atomic E-state index is -0.868. The van der Waals surface area contributed by atoms with Crippen molar-refractivity contribution in [3.8, 4) is 0 Å². The van der Waals surface area contributed by atoms with Crippen LogP contribution in [0.1, 0.15) is 126 Å². The molecule has 4 nitrogen and oxygen atoms in total. The molecule has 0 saturated heterocycles. The van der Waals surface area contributed by atoms with Crippen LogP contribution >= 0.6 is 0 Å². The Bertz CT molecular complexity index is 577. The van der Waals surface area contributed by atoms with Crippen molar-refractivity contribution in [2.75, 3.05) is 0 Å². The molecular formula is C25H43NO3. The molecule has 0 bridgehead atoms. The van der Waals surface area contributed by atoms with Gasteiger partial charge in [-0.3, -0.25) is 9.59 Å². The SMILES string of the molecule is CCCCCCCCCCCCCCCCCC(=O)c1ccc(CC(=O)O)n1C. The van der Waals surface area contributed by atoms with Gasteiger partial charge in [0, 0.05) is 19.2 Å². The topological polar surface area (TPSA) is 59.3 Å². The van der Waals surface area contributed by atoms with Gasteiger partial charge in [0.1, 0.15) is 0 Å². The standard InChI is InChI=1S/C25H43NO3/c1-3-4-5-6-7-8-9-10-11-12-13-14-15-16-17-18-24(27)23-20-19-22(26(23)2)21-25(28)29/h19-20H,3-18,21H2,1-2H3,(H,28,29). The molecule has 1 heterocycles. The highest BCUT2D eigenvalue weighted by Crippen LogP contribution is 2.15. The summed E-state index contributed by atoms with van der Waals surface area (Å²) in [6.07, 6.45) is 20.3. The summed E-state index contributed by atoms with van der Waals surface area (Å²) in [6.45, 7) is 2.27. The predicted molar refractivity (Wildman–Crippen MR) is 121 cm³/mol. The summed E-state index contributed by atoms with van der Waals surface area (Å²) in [6, 6.07) is 3.50. The molecule has 0 radical (unpaired) electrons. The molecule has 0 unspecified atom stereocenters. The van der Waals surface area contributed by atoms with E-state index in [9.17, 15) is 9.59 Å². The molecule has 0 fully saturated rings. The average Bonchev–Trinajstić information content (AvgIpc) is 3.04. The van der Waals surface area contributed by atoms with Crippen molar-refractivity contribution in [3.05, 3.63) is 23.5 Å². The molecule has 4 heteroatoms. The molecule has 1 N–H and O–H groups in total. The van der Waals surface area contributed by atoms with Crippen LogP contribution in [0.4, 0.5) is 0 Å². The number of ketones is 1. The maximum Gasteiger partial charge on any atom is 0.309 e. The molecule has 0 aliphatic rings. The van der Waals surface area contributed by atoms with Gasteiger partial charge in [0.25, 0.3) is 0 Å². The Kier molecular flexibility index (Phi) is 14.3. The van der Waals surface area contributed by atoms with Crippen molar-refractivity contribution >= 4 is 11.8 Å². The normalized spacial score (nSPS) is 11.1. The highest BCUT2D eigenvalue weighted by molar-refractivity contribution is 5.94. The van der Waals surface area contributed by atoms with Crippen LogP contribution in [0, 0.1) is 0 Å². The van der Waals surface area contributed by atoms with Crippen LogP contribution < -0.4 is 0 Å². The van der Waals surface area contributed by atoms with Gasteiger partial charge in [-0.25, -0.2) is 0 Å². The van der Waals surface area contributed by atoms with Gasteiger partial charge < -0.3 is 9.67 Å². The molecule has 0 amide bonds. The first kappa shape index (κ1) is 25.5. The number of carboxylic acids is 1. The second-order valence-corrected chi connectivity index (χ2v) is 8.46. The van der Waals surface area contributed by atoms with Crippen molar-refractivity contribution < 1.29 is 14.7 Å². The fourth-order valence-electron chi connectivity index (χ4n) is 3.95. The van der Waals surface area contributed by atoms with E-state index in [1.54, 1.807) is 23.7 Å². The van der Waals surface area contributed by atoms with Gasteiger partial charge >= 0.3 is 5.97 Å². The summed E-state index contributed by atoms with van der Waals surface area (Å²) in [4.78, 5) is 23.2. The lowest BCUT2D eigenvalue weighted by molar-refractivity contribution is -0.136. The van der Waals surface area contributed by atoms with Crippen LogP contribution in [-0.4, -0.2) is 21.4 Å². The number of Topliss-reactive ketones (excluding diaryl/α,β-unsaturated/α-hetero) is 1. The van der Waals surface area contributed by atoms with E-state index in [4.69, 9.17) is 5.11 Å². The van der Waals surface area contributed by atoms with Crippen LogP contribution in [0.25, 0.3) is 0 Å². The second-order valence-electron chi connectivity index (χ2n) is 8.46. The third-order valence-corrected chi connectivity index (χ3v) is 5.85. The van der Waals surface area contributed by atoms with Gasteiger partial charge in [0.15, 0.2) is 5.78 Å². The van der Waals surface area contributed by atoms with E-state index >= 15 is 0 Å². The molecular weight excluding hydrogens is 362 g/mol. The van der Waals surface area contributed by atoms with E-state index in [2.05, 4.69) is 6.92 Å². The Morgan fingerprint density at radius 3 is 1.66 bits per heavy atom. The Labute approximate surface area is 178 Å². The van der Waals surface area contributed by atoms with Gasteiger partial charge in [0.05, 0.1) is 12.1 Å². The zero-order valence-electron chi connectivity index (χ0n) is 18.9. The first-order chi connectivity index (χ1) is 14.1. The predicted octanol–water partition coefficient (Wildman–Crippen LogP) is 7.10. The van der Waals surface area contributed by atoms with Crippen LogP contribution in [-0.2, 0) is 18.3 Å². The van der Waals surface area contributed by atoms with Crippen LogP contribution in [0.3, 0.4) is 0 Å². The fraction of sp³-hybridized carbons (Fsp3) is 0.760. The minimum absolute atomic E-state index is 0.0389. The van der Waals surface area contributed by atoms with Crippen LogP contribution in [0.15, 0.2) is 12.1 Å². The van der Waals surface area contributed by atoms with E-state index in [0.717, 1.165) is 12.8 Å². The molecule has 166 valence electrons. The third kappa shape index (κ3) is 11.9. The molecule has 0 spiro atoms. The monoisotopic (exact) mass is 405 g/mol. The maximum absolute atomic E-state index is 12.3. The second kappa shape index (κ2) is 16.2. The Morgan fingerprint density at radius 2 is 1.21 bits per heavy atom. The van der Waals surface area contributed by atoms with Crippen LogP contribution in [0.2, 0.25) is 0 Å². The summed E-state index contributed by atoms with van der Waals surface area (Å²) >= 11 is 0. The summed E-state index contributed by atoms with van der Waals surface area (Å²) in [7, 11) is 1.78. The minimum Gasteiger partial charge on any atom is -0.481 e. The van der Waals surface area contributed by atoms with Gasteiger partial charge in [-0.2, -0.15) is 0 Å². The molecule has 1 aromatic rings. The first-order valence-corrected chi connectivity index (χ1v) is 12.0. The number of carbonyl (C=O) groups is 2. The number of nitrogens with zero attached hydrogens (tertiary/aromatic N) is 1. The van der Waals surface area contributed by atoms with Crippen molar-refractivity contribution in [3.63, 3.8) is 0 Å². The quantitative estimate of drug-likeness (QED) is 0.197. The molecule has 0 saturated carbocycles. The Hall–Kier alpha value is -1.58. The van der Waals surface area contributed by atoms with E-state index in [1.807, 2.05) is 0 Å². The number of carbonyl (C=O) groups excluding carboxylic acids is 1. The van der Waals surface area contributed by atoms with E-state index in [-0.39, 0.29) is 12.2 Å². The smallest absolute Gasteiger partial charge is 0.309 e. The number of hydrogen-bond acceptors (Lipinski definition) is 2. The van der Waals surface area contributed by atoms with E-state index < -0.39 is 5.97 Å². The lowest BCUT2D eigenvalue weighted by Gasteiger charge is -2.06. The van der Waals surface area contributed by atoms with Crippen molar-refractivity contribution in [2.24, 2.45) is 7.05 Å². The molecule has 1 aromatic heterocycles. The van der Waals surface area contributed by atoms with Crippen LogP contribution in [0.5, 0.6) is 0 Å². The summed E-state index contributed by atoms with van der Waals surface area (Å²) in [5.41, 5.74) is 1.31. The summed E-state index contributed by atoms with van der Waals surface area (Å²) in [5, 5.41) is 8.89. The molecule has 29 heavy (non-hydrogen) atoms. The molecule has 0 aliphatic carbocycles. The number of hydrogen-bond donors (Lipinski definition) is 1. The number of unbranched alkanes of at least 4 members (excludes halogenated alkanes) is 14. The Morgan fingerprint density at radius 1 is 0.759 bits per heavy atom. The van der Waals surface area contributed by atoms with Gasteiger partial charge in [-0.15, -0.1) is 0 Å². The van der Waals surface area contributed by atoms with Crippen molar-refractivity contribution in [2.45, 2.75) is 116 Å². The zero-order valence-corrected chi connectivity index (χ0v) is 18.9. The Balaban J connectivity index is 1.95. The summed E-state index contributed by atoms with van der Waals surface area (Å²) < 4.78 is 1.72. The highest BCUT2D eigenvalue weighted by Gasteiger charge is 2.13. The number of aromatic nitrogens is 1. The molecule has 0 aromatic carbocycles. The van der Waals surface area contributed by atoms with E-state index in [0.29, 0.717) is 17.8 Å². The number of rotatable bonds is 19. The fourth-order valence-corrected chi connectivity index (χ4v) is 3.95. The average molecular weight is 406 g/mol. The molecule has 1 rings (SSSR count). The number of aliphatic carboxylic acids is 1. The summed E-state index contributed by atoms with van der Waals surface area (Å²) in [5.74, 6) is -0.744.